The number of urea groups is 1. The largest absolute Gasteiger partial charge is 0.333 e. The molecule has 2 unspecified atom stereocenters. The third-order valence-electron chi connectivity index (χ3n) is 5.58. The number of carbonyl (C=O) groups excluding carboxylic acids is 1. The Morgan fingerprint density at radius 1 is 1.10 bits per heavy atom. The summed E-state index contributed by atoms with van der Waals surface area (Å²) in [6.45, 7) is 3.51. The highest BCUT2D eigenvalue weighted by molar-refractivity contribution is 5.91. The molecule has 31 heavy (non-hydrogen) atoms. The third kappa shape index (κ3) is 3.97. The van der Waals surface area contributed by atoms with Crippen molar-refractivity contribution in [2.24, 2.45) is 0 Å². The van der Waals surface area contributed by atoms with Crippen molar-refractivity contribution in [1.29, 1.82) is 0 Å². The van der Waals surface area contributed by atoms with Crippen LogP contribution in [0, 0.1) is 6.92 Å². The Kier molecular flexibility index (Phi) is 5.05. The number of benzene rings is 1. The maximum Gasteiger partial charge on any atom is 0.320 e. The van der Waals surface area contributed by atoms with Crippen LogP contribution in [0.25, 0.3) is 16.6 Å². The second-order valence-electron chi connectivity index (χ2n) is 7.72. The summed E-state index contributed by atoms with van der Waals surface area (Å²) in [5, 5.41) is 14.7. The average molecular weight is 413 g/mol. The van der Waals surface area contributed by atoms with Crippen molar-refractivity contribution in [1.82, 2.24) is 30.4 Å². The van der Waals surface area contributed by atoms with E-state index in [0.717, 1.165) is 35.4 Å². The number of hydrogen-bond donors (Lipinski definition) is 3. The van der Waals surface area contributed by atoms with E-state index < -0.39 is 0 Å². The van der Waals surface area contributed by atoms with Crippen molar-refractivity contribution >= 4 is 22.8 Å². The fourth-order valence-corrected chi connectivity index (χ4v) is 4.06. The smallest absolute Gasteiger partial charge is 0.320 e. The van der Waals surface area contributed by atoms with E-state index in [-0.39, 0.29) is 18.0 Å². The van der Waals surface area contributed by atoms with Crippen LogP contribution in [0.4, 0.5) is 10.6 Å². The highest BCUT2D eigenvalue weighted by Gasteiger charge is 2.29. The molecular weight excluding hydrogens is 390 g/mol. The lowest BCUT2D eigenvalue weighted by Gasteiger charge is -2.20. The summed E-state index contributed by atoms with van der Waals surface area (Å²) in [5.74, 6) is 0.724. The van der Waals surface area contributed by atoms with Crippen molar-refractivity contribution in [3.8, 4) is 5.69 Å². The maximum absolute atomic E-state index is 12.6. The first kappa shape index (κ1) is 19.2. The van der Waals surface area contributed by atoms with Gasteiger partial charge in [0.15, 0.2) is 0 Å². The lowest BCUT2D eigenvalue weighted by molar-refractivity contribution is 0.248. The molecule has 8 heteroatoms. The molecule has 3 aromatic heterocycles. The van der Waals surface area contributed by atoms with Crippen LogP contribution in [0.5, 0.6) is 0 Å². The molecule has 1 fully saturated rings. The zero-order valence-corrected chi connectivity index (χ0v) is 17.1. The average Bonchev–Trinajstić information content (AvgIpc) is 3.41. The van der Waals surface area contributed by atoms with Crippen LogP contribution in [0.15, 0.2) is 67.1 Å². The van der Waals surface area contributed by atoms with Crippen molar-refractivity contribution in [2.75, 3.05) is 18.4 Å². The first-order valence-electron chi connectivity index (χ1n) is 10.3. The van der Waals surface area contributed by atoms with Gasteiger partial charge >= 0.3 is 6.03 Å². The van der Waals surface area contributed by atoms with Crippen LogP contribution in [0.2, 0.25) is 0 Å². The second kappa shape index (κ2) is 8.16. The van der Waals surface area contributed by atoms with E-state index in [2.05, 4.69) is 43.1 Å². The molecule has 2 amide bonds. The van der Waals surface area contributed by atoms with Crippen LogP contribution in [-0.4, -0.2) is 44.9 Å². The number of amides is 2. The lowest BCUT2D eigenvalue weighted by atomic mass is 9.94. The van der Waals surface area contributed by atoms with E-state index >= 15 is 0 Å². The Hall–Kier alpha value is -3.78. The molecule has 0 bridgehead atoms. The van der Waals surface area contributed by atoms with E-state index in [4.69, 9.17) is 0 Å². The van der Waals surface area contributed by atoms with Gasteiger partial charge in [-0.05, 0) is 30.7 Å². The van der Waals surface area contributed by atoms with E-state index in [1.54, 1.807) is 18.6 Å². The highest BCUT2D eigenvalue weighted by atomic mass is 16.2. The predicted octanol–water partition coefficient (Wildman–Crippen LogP) is 3.00. The molecule has 0 aliphatic carbocycles. The van der Waals surface area contributed by atoms with E-state index in [1.807, 2.05) is 48.0 Å². The van der Waals surface area contributed by atoms with Crippen LogP contribution >= 0.6 is 0 Å². The molecule has 0 spiro atoms. The minimum atomic E-state index is -0.265. The molecule has 1 aliphatic heterocycles. The van der Waals surface area contributed by atoms with Crippen LogP contribution < -0.4 is 16.0 Å². The van der Waals surface area contributed by atoms with Gasteiger partial charge in [-0.25, -0.2) is 14.5 Å². The van der Waals surface area contributed by atoms with Crippen molar-refractivity contribution < 1.29 is 4.79 Å². The van der Waals surface area contributed by atoms with Crippen molar-refractivity contribution in [3.63, 3.8) is 0 Å². The molecule has 4 heterocycles. The zero-order valence-electron chi connectivity index (χ0n) is 17.1. The number of nitrogens with zero attached hydrogens (tertiary/aromatic N) is 4. The number of hydrogen-bond acceptors (Lipinski definition) is 5. The molecular formula is C23H23N7O. The van der Waals surface area contributed by atoms with E-state index in [0.29, 0.717) is 5.82 Å². The summed E-state index contributed by atoms with van der Waals surface area (Å²) in [7, 11) is 0. The molecule has 8 nitrogen and oxygen atoms in total. The molecule has 156 valence electrons. The fourth-order valence-electron chi connectivity index (χ4n) is 4.06. The van der Waals surface area contributed by atoms with Gasteiger partial charge in [0, 0.05) is 36.3 Å². The van der Waals surface area contributed by atoms with Crippen LogP contribution in [-0.2, 0) is 0 Å². The van der Waals surface area contributed by atoms with Gasteiger partial charge in [-0.1, -0.05) is 30.3 Å². The topological polar surface area (TPSA) is 96.8 Å². The lowest BCUT2D eigenvalue weighted by Crippen LogP contribution is -2.42. The standard InChI is InChI=1S/C23H23N7O/c1-15-9-18(7-8-25-15)30-21-14-26-22(10-17(21)11-27-30)29-23(31)28-20-13-24-12-19(20)16-5-3-2-4-6-16/h2-11,14,19-20,24H,12-13H2,1H3,(H2,26,28,29,31). The number of rotatable bonds is 4. The van der Waals surface area contributed by atoms with E-state index in [9.17, 15) is 4.79 Å². The summed E-state index contributed by atoms with van der Waals surface area (Å²) in [6.07, 6.45) is 5.24. The molecule has 4 aromatic rings. The Morgan fingerprint density at radius 2 is 1.97 bits per heavy atom. The van der Waals surface area contributed by atoms with Gasteiger partial charge in [0.25, 0.3) is 0 Å². The summed E-state index contributed by atoms with van der Waals surface area (Å²) >= 11 is 0. The highest BCUT2D eigenvalue weighted by Crippen LogP contribution is 2.23. The molecule has 1 aliphatic rings. The van der Waals surface area contributed by atoms with Gasteiger partial charge in [0.2, 0.25) is 0 Å². The first-order valence-corrected chi connectivity index (χ1v) is 10.3. The zero-order chi connectivity index (χ0) is 21.2. The monoisotopic (exact) mass is 413 g/mol. The first-order chi connectivity index (χ1) is 15.2. The Bertz CT molecular complexity index is 1220. The summed E-state index contributed by atoms with van der Waals surface area (Å²) in [6, 6.07) is 15.7. The summed E-state index contributed by atoms with van der Waals surface area (Å²) in [5.41, 5.74) is 3.92. The Balaban J connectivity index is 1.30. The SMILES string of the molecule is Cc1cc(-n2ncc3cc(NC(=O)NC4CNCC4c4ccccc4)ncc32)ccn1. The predicted molar refractivity (Wildman–Crippen MR) is 119 cm³/mol. The number of carbonyl (C=O) groups is 1. The maximum atomic E-state index is 12.6. The molecule has 5 rings (SSSR count). The quantitative estimate of drug-likeness (QED) is 0.478. The minimum absolute atomic E-state index is 0.0174. The van der Waals surface area contributed by atoms with Crippen molar-refractivity contribution in [3.05, 3.63) is 78.4 Å². The Labute approximate surface area is 179 Å². The number of nitrogens with one attached hydrogen (secondary N) is 3. The number of anilines is 1. The van der Waals surface area contributed by atoms with Gasteiger partial charge in [-0.3, -0.25) is 10.3 Å². The molecule has 2 atom stereocenters. The third-order valence-corrected chi connectivity index (χ3v) is 5.58. The number of aromatic nitrogens is 4. The molecule has 1 aromatic carbocycles. The van der Waals surface area contributed by atoms with Gasteiger partial charge in [-0.2, -0.15) is 5.10 Å². The summed E-state index contributed by atoms with van der Waals surface area (Å²) < 4.78 is 1.81. The van der Waals surface area contributed by atoms with Crippen LogP contribution in [0.3, 0.4) is 0 Å². The van der Waals surface area contributed by atoms with Crippen LogP contribution in [0.1, 0.15) is 17.2 Å². The molecule has 1 saturated heterocycles. The van der Waals surface area contributed by atoms with Gasteiger partial charge in [-0.15, -0.1) is 0 Å². The van der Waals surface area contributed by atoms with Gasteiger partial charge < -0.3 is 10.6 Å². The fraction of sp³-hybridized carbons (Fsp3) is 0.217. The number of pyridine rings is 2. The Morgan fingerprint density at radius 3 is 2.81 bits per heavy atom. The number of aryl methyl sites for hydroxylation is 1. The van der Waals surface area contributed by atoms with E-state index in [1.165, 1.54) is 5.56 Å². The summed E-state index contributed by atoms with van der Waals surface area (Å²) in [4.78, 5) is 21.3. The second-order valence-corrected chi connectivity index (χ2v) is 7.72. The van der Waals surface area contributed by atoms with Gasteiger partial charge in [0.05, 0.1) is 29.6 Å². The molecule has 3 N–H and O–H groups in total. The van der Waals surface area contributed by atoms with Gasteiger partial charge in [0.1, 0.15) is 5.82 Å². The normalized spacial score (nSPS) is 18.2. The molecule has 0 saturated carbocycles. The number of fused-ring (bicyclic) bond motifs is 1. The molecule has 0 radical (unpaired) electrons. The van der Waals surface area contributed by atoms with Crippen molar-refractivity contribution in [2.45, 2.75) is 18.9 Å². The minimum Gasteiger partial charge on any atom is -0.333 e.